The van der Waals surface area contributed by atoms with Gasteiger partial charge >= 0.3 is 0 Å². The zero-order valence-corrected chi connectivity index (χ0v) is 12.2. The molecule has 1 aliphatic carbocycles. The quantitative estimate of drug-likeness (QED) is 0.837. The van der Waals surface area contributed by atoms with Crippen molar-refractivity contribution >= 4 is 10.0 Å². The molecule has 1 aromatic rings. The summed E-state index contributed by atoms with van der Waals surface area (Å²) in [4.78, 5) is 0.250. The summed E-state index contributed by atoms with van der Waals surface area (Å²) in [6.45, 7) is 4.22. The smallest absolute Gasteiger partial charge is 0.240 e. The van der Waals surface area contributed by atoms with Gasteiger partial charge in [-0.25, -0.2) is 13.1 Å². The molecule has 0 bridgehead atoms. The van der Waals surface area contributed by atoms with Crippen LogP contribution < -0.4 is 4.72 Å². The van der Waals surface area contributed by atoms with E-state index >= 15 is 0 Å². The zero-order valence-electron chi connectivity index (χ0n) is 11.3. The maximum atomic E-state index is 12.0. The van der Waals surface area contributed by atoms with Crippen LogP contribution in [0.2, 0.25) is 0 Å². The Morgan fingerprint density at radius 3 is 2.32 bits per heavy atom. The van der Waals surface area contributed by atoms with E-state index in [1.807, 2.05) is 12.1 Å². The van der Waals surface area contributed by atoms with Crippen LogP contribution in [0, 0.1) is 5.92 Å². The highest BCUT2D eigenvalue weighted by Gasteiger charge is 2.30. The molecule has 1 unspecified atom stereocenters. The minimum atomic E-state index is -3.51. The van der Waals surface area contributed by atoms with Gasteiger partial charge in [-0.1, -0.05) is 26.0 Å². The van der Waals surface area contributed by atoms with Gasteiger partial charge < -0.3 is 5.11 Å². The minimum Gasteiger partial charge on any atom is -0.391 e. The van der Waals surface area contributed by atoms with Crippen molar-refractivity contribution in [3.63, 3.8) is 0 Å². The third kappa shape index (κ3) is 3.78. The molecular weight excluding hydrogens is 262 g/mol. The fourth-order valence-electron chi connectivity index (χ4n) is 1.96. The van der Waals surface area contributed by atoms with Gasteiger partial charge in [-0.3, -0.25) is 0 Å². The van der Waals surface area contributed by atoms with Gasteiger partial charge in [0.1, 0.15) is 0 Å². The molecule has 2 rings (SSSR count). The number of nitrogens with one attached hydrogen (secondary N) is 1. The first-order valence-corrected chi connectivity index (χ1v) is 8.16. The predicted molar refractivity (Wildman–Crippen MR) is 74.5 cm³/mol. The van der Waals surface area contributed by atoms with Crippen molar-refractivity contribution in [3.05, 3.63) is 29.8 Å². The van der Waals surface area contributed by atoms with Crippen LogP contribution in [0.1, 0.15) is 38.2 Å². The molecule has 1 fully saturated rings. The number of sulfonamides is 1. The maximum Gasteiger partial charge on any atom is 0.240 e. The van der Waals surface area contributed by atoms with Crippen LogP contribution in [0.3, 0.4) is 0 Å². The van der Waals surface area contributed by atoms with Gasteiger partial charge in [0.05, 0.1) is 11.0 Å². The van der Waals surface area contributed by atoms with E-state index in [1.165, 1.54) is 0 Å². The summed E-state index contributed by atoms with van der Waals surface area (Å²) >= 11 is 0. The number of hydrogen-bond acceptors (Lipinski definition) is 3. The fourth-order valence-corrected chi connectivity index (χ4v) is 3.01. The third-order valence-corrected chi connectivity index (χ3v) is 4.95. The van der Waals surface area contributed by atoms with Crippen LogP contribution >= 0.6 is 0 Å². The second-order valence-corrected chi connectivity index (χ2v) is 7.25. The van der Waals surface area contributed by atoms with Crippen molar-refractivity contribution in [2.45, 2.75) is 43.6 Å². The minimum absolute atomic E-state index is 0.0962. The third-order valence-electron chi connectivity index (χ3n) is 3.51. The van der Waals surface area contributed by atoms with Crippen molar-refractivity contribution in [1.29, 1.82) is 0 Å². The molecule has 1 aliphatic rings. The van der Waals surface area contributed by atoms with Crippen molar-refractivity contribution in [2.24, 2.45) is 5.92 Å². The van der Waals surface area contributed by atoms with Gasteiger partial charge in [0.15, 0.2) is 0 Å². The van der Waals surface area contributed by atoms with Crippen molar-refractivity contribution in [1.82, 2.24) is 4.72 Å². The Morgan fingerprint density at radius 1 is 1.26 bits per heavy atom. The molecule has 19 heavy (non-hydrogen) atoms. The Labute approximate surface area is 114 Å². The van der Waals surface area contributed by atoms with Crippen LogP contribution in [-0.2, 0) is 10.0 Å². The SMILES string of the molecule is CC(C)c1ccc(S(=O)(=O)NCC(O)C2CC2)cc1. The molecule has 5 heteroatoms. The maximum absolute atomic E-state index is 12.0. The summed E-state index contributed by atoms with van der Waals surface area (Å²) in [6, 6.07) is 6.88. The number of benzene rings is 1. The van der Waals surface area contributed by atoms with E-state index in [9.17, 15) is 13.5 Å². The van der Waals surface area contributed by atoms with Crippen molar-refractivity contribution < 1.29 is 13.5 Å². The summed E-state index contributed by atoms with van der Waals surface area (Å²) < 4.78 is 26.5. The Bertz CT molecular complexity index is 518. The molecule has 0 amide bonds. The van der Waals surface area contributed by atoms with Crippen LogP contribution in [0.4, 0.5) is 0 Å². The van der Waals surface area contributed by atoms with Gasteiger partial charge in [0.25, 0.3) is 0 Å². The Hall–Kier alpha value is -0.910. The summed E-state index contributed by atoms with van der Waals surface area (Å²) in [6.07, 6.45) is 1.42. The lowest BCUT2D eigenvalue weighted by molar-refractivity contribution is 0.155. The van der Waals surface area contributed by atoms with E-state index < -0.39 is 16.1 Å². The van der Waals surface area contributed by atoms with Gasteiger partial charge in [0, 0.05) is 6.54 Å². The second kappa shape index (κ2) is 5.61. The average molecular weight is 283 g/mol. The zero-order chi connectivity index (χ0) is 14.0. The molecule has 0 aliphatic heterocycles. The highest BCUT2D eigenvalue weighted by Crippen LogP contribution is 2.32. The van der Waals surface area contributed by atoms with Crippen molar-refractivity contribution in [2.75, 3.05) is 6.54 Å². The predicted octanol–water partition coefficient (Wildman–Crippen LogP) is 1.86. The lowest BCUT2D eigenvalue weighted by atomic mass is 10.0. The highest BCUT2D eigenvalue weighted by atomic mass is 32.2. The van der Waals surface area contributed by atoms with Crippen LogP contribution in [0.5, 0.6) is 0 Å². The van der Waals surface area contributed by atoms with E-state index in [2.05, 4.69) is 18.6 Å². The highest BCUT2D eigenvalue weighted by molar-refractivity contribution is 7.89. The van der Waals surface area contributed by atoms with Gasteiger partial charge in [-0.15, -0.1) is 0 Å². The second-order valence-electron chi connectivity index (χ2n) is 5.48. The van der Waals surface area contributed by atoms with Crippen LogP contribution in [0.25, 0.3) is 0 Å². The molecule has 0 spiro atoms. The molecule has 1 atom stereocenters. The van der Waals surface area contributed by atoms with Crippen molar-refractivity contribution in [3.8, 4) is 0 Å². The van der Waals surface area contributed by atoms with Gasteiger partial charge in [-0.05, 0) is 42.4 Å². The lowest BCUT2D eigenvalue weighted by Crippen LogP contribution is -2.33. The standard InChI is InChI=1S/C14H21NO3S/c1-10(2)11-5-7-13(8-6-11)19(17,18)15-9-14(16)12-3-4-12/h5-8,10,12,14-16H,3-4,9H2,1-2H3. The first-order chi connectivity index (χ1) is 8.90. The normalized spacial score (nSPS) is 17.7. The molecular formula is C14H21NO3S. The van der Waals surface area contributed by atoms with Gasteiger partial charge in [0.2, 0.25) is 10.0 Å². The molecule has 2 N–H and O–H groups in total. The molecule has 0 aromatic heterocycles. The molecule has 1 saturated carbocycles. The fraction of sp³-hybridized carbons (Fsp3) is 0.571. The van der Waals surface area contributed by atoms with E-state index in [0.717, 1.165) is 18.4 Å². The average Bonchev–Trinajstić information content (AvgIpc) is 3.20. The molecule has 0 radical (unpaired) electrons. The molecule has 1 aromatic carbocycles. The van der Waals surface area contributed by atoms with E-state index in [4.69, 9.17) is 0 Å². The van der Waals surface area contributed by atoms with E-state index in [-0.39, 0.29) is 17.4 Å². The molecule has 0 saturated heterocycles. The topological polar surface area (TPSA) is 66.4 Å². The summed E-state index contributed by atoms with van der Waals surface area (Å²) in [7, 11) is -3.51. The van der Waals surface area contributed by atoms with Crippen LogP contribution in [0.15, 0.2) is 29.2 Å². The molecule has 4 nitrogen and oxygen atoms in total. The summed E-state index contributed by atoms with van der Waals surface area (Å²) in [5.41, 5.74) is 1.11. The first-order valence-electron chi connectivity index (χ1n) is 6.68. The Balaban J connectivity index is 2.01. The monoisotopic (exact) mass is 283 g/mol. The van der Waals surface area contributed by atoms with Gasteiger partial charge in [-0.2, -0.15) is 0 Å². The Kier molecular flexibility index (Phi) is 4.28. The summed E-state index contributed by atoms with van der Waals surface area (Å²) in [5.74, 6) is 0.646. The number of aliphatic hydroxyl groups is 1. The summed E-state index contributed by atoms with van der Waals surface area (Å²) in [5, 5.41) is 9.69. The molecule has 106 valence electrons. The number of rotatable bonds is 6. The lowest BCUT2D eigenvalue weighted by Gasteiger charge is -2.12. The first kappa shape index (κ1) is 14.5. The van der Waals surface area contributed by atoms with E-state index in [0.29, 0.717) is 5.92 Å². The Morgan fingerprint density at radius 2 is 1.84 bits per heavy atom. The number of aliphatic hydroxyl groups excluding tert-OH is 1. The largest absolute Gasteiger partial charge is 0.391 e. The van der Waals surface area contributed by atoms with Crippen LogP contribution in [-0.4, -0.2) is 26.2 Å². The molecule has 0 heterocycles. The van der Waals surface area contributed by atoms with E-state index in [1.54, 1.807) is 12.1 Å². The number of hydrogen-bond donors (Lipinski definition) is 2.